The fourth-order valence-electron chi connectivity index (χ4n) is 5.26. The Morgan fingerprint density at radius 2 is 1.83 bits per heavy atom. The molecule has 3 heterocycles. The van der Waals surface area contributed by atoms with Gasteiger partial charge in [0.25, 0.3) is 0 Å². The summed E-state index contributed by atoms with van der Waals surface area (Å²) in [5, 5.41) is 0.374. The number of ether oxygens (including phenoxy) is 3. The zero-order valence-corrected chi connectivity index (χ0v) is 21.2. The fraction of sp³-hybridized carbons (Fsp3) is 0.500. The summed E-state index contributed by atoms with van der Waals surface area (Å²) in [5.41, 5.74) is 5.61. The molecule has 3 atom stereocenters. The summed E-state index contributed by atoms with van der Waals surface area (Å²) < 4.78 is 73.8. The Labute approximate surface area is 212 Å². The second kappa shape index (κ2) is 9.46. The van der Waals surface area contributed by atoms with Crippen molar-refractivity contribution >= 4 is 33.2 Å². The summed E-state index contributed by atoms with van der Waals surface area (Å²) in [4.78, 5) is -0.00602. The third kappa shape index (κ3) is 4.26. The van der Waals surface area contributed by atoms with Crippen molar-refractivity contribution in [2.75, 3.05) is 37.9 Å². The molecule has 3 aliphatic rings. The van der Waals surface area contributed by atoms with Gasteiger partial charge in [-0.05, 0) is 55.0 Å². The predicted molar refractivity (Wildman–Crippen MR) is 130 cm³/mol. The molecule has 0 amide bonds. The maximum Gasteiger partial charge on any atom is 0.189 e. The summed E-state index contributed by atoms with van der Waals surface area (Å²) in [5.74, 6) is -1.31. The van der Waals surface area contributed by atoms with Crippen LogP contribution in [0.4, 0.5) is 8.78 Å². The van der Waals surface area contributed by atoms with Crippen molar-refractivity contribution in [1.82, 2.24) is 0 Å². The van der Waals surface area contributed by atoms with Crippen LogP contribution < -0.4 is 10.5 Å². The molecule has 2 aromatic rings. The number of fused-ring (bicyclic) bond motifs is 3. The highest BCUT2D eigenvalue weighted by Crippen LogP contribution is 2.56. The second-order valence-electron chi connectivity index (χ2n) is 9.35. The number of nitrogens with two attached hydrogens (primary N) is 1. The SMILES string of the molecule is NC1(CSCC[C@@H]2OCC[C@@]3(S(=O)(=O)c4ccc(Cl)cc4)c4c(F)ccc(F)c4OC[C@@H]23)COC1. The third-order valence-electron chi connectivity index (χ3n) is 7.06. The molecular weight excluding hydrogens is 520 g/mol. The number of thioether (sulfide) groups is 1. The lowest BCUT2D eigenvalue weighted by atomic mass is 9.75. The van der Waals surface area contributed by atoms with Gasteiger partial charge in [0.15, 0.2) is 21.4 Å². The molecule has 6 nitrogen and oxygen atoms in total. The maximum atomic E-state index is 15.4. The van der Waals surface area contributed by atoms with Crippen LogP contribution in [-0.2, 0) is 24.1 Å². The number of hydrogen-bond donors (Lipinski definition) is 1. The Bertz CT molecular complexity index is 1210. The highest BCUT2D eigenvalue weighted by Gasteiger charge is 2.61. The number of rotatable bonds is 7. The van der Waals surface area contributed by atoms with Gasteiger partial charge in [-0.2, -0.15) is 11.8 Å². The van der Waals surface area contributed by atoms with E-state index in [1.165, 1.54) is 24.3 Å². The Morgan fingerprint density at radius 3 is 2.51 bits per heavy atom. The Hall–Kier alpha value is -1.43. The minimum atomic E-state index is -4.20. The van der Waals surface area contributed by atoms with Crippen molar-refractivity contribution in [3.63, 3.8) is 0 Å². The molecule has 2 N–H and O–H groups in total. The van der Waals surface area contributed by atoms with Crippen LogP contribution in [0.25, 0.3) is 0 Å². The van der Waals surface area contributed by atoms with Crippen LogP contribution >= 0.6 is 23.4 Å². The average molecular weight is 546 g/mol. The van der Waals surface area contributed by atoms with Crippen molar-refractivity contribution in [3.05, 3.63) is 58.6 Å². The number of hydrogen-bond acceptors (Lipinski definition) is 7. The van der Waals surface area contributed by atoms with Gasteiger partial charge in [-0.3, -0.25) is 0 Å². The summed E-state index contributed by atoms with van der Waals surface area (Å²) in [6, 6.07) is 7.66. The topological polar surface area (TPSA) is 87.9 Å². The van der Waals surface area contributed by atoms with Gasteiger partial charge < -0.3 is 19.9 Å². The zero-order chi connectivity index (χ0) is 24.8. The van der Waals surface area contributed by atoms with E-state index in [2.05, 4.69) is 0 Å². The first kappa shape index (κ1) is 25.2. The summed E-state index contributed by atoms with van der Waals surface area (Å²) in [6.45, 7) is 1.01. The van der Waals surface area contributed by atoms with Crippen LogP contribution in [0.1, 0.15) is 18.4 Å². The molecule has 35 heavy (non-hydrogen) atoms. The van der Waals surface area contributed by atoms with Crippen molar-refractivity contribution in [3.8, 4) is 5.75 Å². The number of sulfone groups is 1. The van der Waals surface area contributed by atoms with E-state index in [0.717, 1.165) is 12.1 Å². The molecule has 0 radical (unpaired) electrons. The van der Waals surface area contributed by atoms with E-state index in [1.807, 2.05) is 0 Å². The normalized spacial score (nSPS) is 27.3. The Kier molecular flexibility index (Phi) is 6.82. The minimum Gasteiger partial charge on any atom is -0.490 e. The van der Waals surface area contributed by atoms with E-state index in [9.17, 15) is 12.8 Å². The molecule has 3 aliphatic heterocycles. The van der Waals surface area contributed by atoms with Crippen LogP contribution in [0.3, 0.4) is 0 Å². The van der Waals surface area contributed by atoms with Gasteiger partial charge in [0.1, 0.15) is 10.6 Å². The van der Waals surface area contributed by atoms with E-state index in [0.29, 0.717) is 36.2 Å². The van der Waals surface area contributed by atoms with Gasteiger partial charge in [-0.15, -0.1) is 0 Å². The van der Waals surface area contributed by atoms with Gasteiger partial charge in [0, 0.05) is 23.3 Å². The molecule has 5 rings (SSSR count). The molecule has 0 unspecified atom stereocenters. The van der Waals surface area contributed by atoms with E-state index in [1.54, 1.807) is 11.8 Å². The molecule has 2 aromatic carbocycles. The molecule has 0 aromatic heterocycles. The first-order chi connectivity index (χ1) is 16.7. The molecule has 2 fully saturated rings. The highest BCUT2D eigenvalue weighted by molar-refractivity contribution is 7.99. The third-order valence-corrected chi connectivity index (χ3v) is 11.2. The molecule has 0 bridgehead atoms. The maximum absolute atomic E-state index is 15.4. The highest BCUT2D eigenvalue weighted by atomic mass is 35.5. The molecular formula is C24H26ClF2NO5S2. The van der Waals surface area contributed by atoms with Crippen molar-refractivity contribution < 1.29 is 31.4 Å². The molecule has 2 saturated heterocycles. The standard InChI is InChI=1S/C24H26ClF2NO5S2/c25-15-1-3-16(4-2-15)35(29,30)24-8-9-32-20(7-10-34-14-23(28)12-31-13-23)17(24)11-33-22-19(27)6-5-18(26)21(22)24/h1-6,17,20H,7-14,28H2/t17-,20-,24-/m0/s1. The van der Waals surface area contributed by atoms with Gasteiger partial charge in [-0.25, -0.2) is 17.2 Å². The fourth-order valence-corrected chi connectivity index (χ4v) is 8.84. The largest absolute Gasteiger partial charge is 0.490 e. The monoisotopic (exact) mass is 545 g/mol. The minimum absolute atomic E-state index is 0.00602. The summed E-state index contributed by atoms with van der Waals surface area (Å²) >= 11 is 7.63. The van der Waals surface area contributed by atoms with Crippen LogP contribution in [-0.4, -0.2) is 58.0 Å². The van der Waals surface area contributed by atoms with Crippen LogP contribution in [0.15, 0.2) is 41.3 Å². The van der Waals surface area contributed by atoms with Crippen molar-refractivity contribution in [2.45, 2.75) is 34.1 Å². The number of benzene rings is 2. The average Bonchev–Trinajstić information content (AvgIpc) is 2.82. The summed E-state index contributed by atoms with van der Waals surface area (Å²) in [6.07, 6.45) is -0.0352. The lowest BCUT2D eigenvalue weighted by molar-refractivity contribution is -0.0731. The van der Waals surface area contributed by atoms with Gasteiger partial charge >= 0.3 is 0 Å². The van der Waals surface area contributed by atoms with E-state index < -0.39 is 38.2 Å². The first-order valence-corrected chi connectivity index (χ1v) is 14.4. The zero-order valence-electron chi connectivity index (χ0n) is 18.8. The molecule has 190 valence electrons. The van der Waals surface area contributed by atoms with Gasteiger partial charge in [0.2, 0.25) is 0 Å². The number of halogens is 3. The van der Waals surface area contributed by atoms with Crippen LogP contribution in [0.5, 0.6) is 5.75 Å². The second-order valence-corrected chi connectivity index (χ2v) is 13.1. The van der Waals surface area contributed by atoms with E-state index in [4.69, 9.17) is 31.5 Å². The first-order valence-electron chi connectivity index (χ1n) is 11.4. The van der Waals surface area contributed by atoms with Crippen LogP contribution in [0, 0.1) is 17.6 Å². The van der Waals surface area contributed by atoms with Crippen molar-refractivity contribution in [1.29, 1.82) is 0 Å². The molecule has 0 aliphatic carbocycles. The Balaban J connectivity index is 1.53. The quantitative estimate of drug-likeness (QED) is 0.527. The predicted octanol–water partition coefficient (Wildman–Crippen LogP) is 3.94. The van der Waals surface area contributed by atoms with Crippen LogP contribution in [0.2, 0.25) is 5.02 Å². The molecule has 0 saturated carbocycles. The smallest absolute Gasteiger partial charge is 0.189 e. The molecule has 11 heteroatoms. The van der Waals surface area contributed by atoms with Gasteiger partial charge in [-0.1, -0.05) is 11.6 Å². The van der Waals surface area contributed by atoms with Crippen molar-refractivity contribution in [2.24, 2.45) is 11.7 Å². The lowest BCUT2D eigenvalue weighted by Gasteiger charge is -2.50. The molecule has 0 spiro atoms. The Morgan fingerprint density at radius 1 is 1.11 bits per heavy atom. The lowest BCUT2D eigenvalue weighted by Crippen LogP contribution is -2.59. The van der Waals surface area contributed by atoms with Gasteiger partial charge in [0.05, 0.1) is 41.9 Å². The van der Waals surface area contributed by atoms with E-state index >= 15 is 4.39 Å². The summed E-state index contributed by atoms with van der Waals surface area (Å²) in [7, 11) is -4.20. The van der Waals surface area contributed by atoms with E-state index in [-0.39, 0.29) is 41.4 Å².